The van der Waals surface area contributed by atoms with Crippen molar-refractivity contribution in [2.24, 2.45) is 0 Å². The largest absolute Gasteiger partial charge is 0.454 e. The van der Waals surface area contributed by atoms with E-state index in [-0.39, 0.29) is 19.4 Å². The monoisotopic (exact) mass is 968 g/mol. The minimum atomic E-state index is -1.63. The number of nitrogens with one attached hydrogen (secondary N) is 1. The van der Waals surface area contributed by atoms with Gasteiger partial charge in [0.15, 0.2) is 12.4 Å². The van der Waals surface area contributed by atoms with E-state index in [9.17, 15) is 35.1 Å². The summed E-state index contributed by atoms with van der Waals surface area (Å²) in [5.41, 5.74) is 0. The highest BCUT2D eigenvalue weighted by Crippen LogP contribution is 2.26. The predicted octanol–water partition coefficient (Wildman–Crippen LogP) is 11.6. The number of allylic oxidation sites excluding steroid dienone is 15. The molecule has 11 heteroatoms. The average Bonchev–Trinajstić information content (AvgIpc) is 3.34. The second kappa shape index (κ2) is 45.7. The lowest BCUT2D eigenvalue weighted by Gasteiger charge is -2.41. The van der Waals surface area contributed by atoms with Crippen LogP contribution in [0.5, 0.6) is 0 Å². The topological polar surface area (TPSA) is 175 Å². The molecule has 8 unspecified atom stereocenters. The Kier molecular flexibility index (Phi) is 42.1. The van der Waals surface area contributed by atoms with Crippen LogP contribution in [0.2, 0.25) is 0 Å². The van der Waals surface area contributed by atoms with E-state index in [0.29, 0.717) is 12.8 Å². The summed E-state index contributed by atoms with van der Waals surface area (Å²) in [5, 5.41) is 56.6. The summed E-state index contributed by atoms with van der Waals surface area (Å²) in [6, 6.07) is -1.04. The number of aliphatic hydroxyl groups excluding tert-OH is 5. The summed E-state index contributed by atoms with van der Waals surface area (Å²) in [5.74, 6) is -1.24. The van der Waals surface area contributed by atoms with Gasteiger partial charge in [-0.1, -0.05) is 221 Å². The van der Waals surface area contributed by atoms with Crippen LogP contribution in [-0.2, 0) is 23.8 Å². The molecule has 0 aromatic carbocycles. The third-order valence-electron chi connectivity index (χ3n) is 12.1. The van der Waals surface area contributed by atoms with E-state index in [1.165, 1.54) is 38.5 Å². The number of carbonyl (C=O) groups excluding carboxylic acids is 2. The van der Waals surface area contributed by atoms with Crippen molar-refractivity contribution in [3.8, 4) is 0 Å². The van der Waals surface area contributed by atoms with Gasteiger partial charge in [0.25, 0.3) is 0 Å². The lowest BCUT2D eigenvalue weighted by atomic mass is 9.99. The zero-order valence-electron chi connectivity index (χ0n) is 43.1. The Morgan fingerprint density at radius 2 is 1.04 bits per heavy atom. The van der Waals surface area contributed by atoms with Gasteiger partial charge in [0, 0.05) is 6.42 Å². The number of unbranched alkanes of at least 4 members (excludes halogenated alkanes) is 20. The summed E-state index contributed by atoms with van der Waals surface area (Å²) < 4.78 is 17.5. The molecule has 0 radical (unpaired) electrons. The van der Waals surface area contributed by atoms with Gasteiger partial charge < -0.3 is 45.1 Å². The van der Waals surface area contributed by atoms with E-state index in [2.05, 4.69) is 62.5 Å². The Morgan fingerprint density at radius 3 is 1.57 bits per heavy atom. The Morgan fingerprint density at radius 1 is 0.580 bits per heavy atom. The van der Waals surface area contributed by atoms with Crippen molar-refractivity contribution in [1.82, 2.24) is 5.32 Å². The van der Waals surface area contributed by atoms with Crippen LogP contribution in [0.15, 0.2) is 97.2 Å². The van der Waals surface area contributed by atoms with Gasteiger partial charge in [-0.25, -0.2) is 0 Å². The molecule has 11 nitrogen and oxygen atoms in total. The van der Waals surface area contributed by atoms with Crippen molar-refractivity contribution in [2.75, 3.05) is 13.2 Å². The van der Waals surface area contributed by atoms with E-state index >= 15 is 0 Å². The van der Waals surface area contributed by atoms with Crippen molar-refractivity contribution in [2.45, 2.75) is 243 Å². The quantitative estimate of drug-likeness (QED) is 0.0149. The Labute approximate surface area is 418 Å². The lowest BCUT2D eigenvalue weighted by molar-refractivity contribution is -0.305. The van der Waals surface area contributed by atoms with Gasteiger partial charge in [0.05, 0.1) is 25.4 Å². The van der Waals surface area contributed by atoms with Crippen molar-refractivity contribution < 1.29 is 49.3 Å². The van der Waals surface area contributed by atoms with Gasteiger partial charge in [-0.3, -0.25) is 9.59 Å². The van der Waals surface area contributed by atoms with Crippen LogP contribution in [0.4, 0.5) is 0 Å². The molecule has 0 saturated carbocycles. The van der Waals surface area contributed by atoms with Crippen molar-refractivity contribution in [3.05, 3.63) is 97.2 Å². The van der Waals surface area contributed by atoms with E-state index in [4.69, 9.17) is 14.2 Å². The highest BCUT2D eigenvalue weighted by Gasteiger charge is 2.47. The summed E-state index contributed by atoms with van der Waals surface area (Å²) in [7, 11) is 0. The molecule has 8 atom stereocenters. The molecule has 1 amide bonds. The van der Waals surface area contributed by atoms with Gasteiger partial charge in [0.1, 0.15) is 24.4 Å². The Balaban J connectivity index is 2.78. The second-order valence-electron chi connectivity index (χ2n) is 18.4. The lowest BCUT2D eigenvalue weighted by Crippen LogP contribution is -2.61. The first-order valence-corrected chi connectivity index (χ1v) is 27.1. The first-order chi connectivity index (χ1) is 33.7. The zero-order chi connectivity index (χ0) is 50.4. The van der Waals surface area contributed by atoms with Crippen LogP contribution in [0.3, 0.4) is 0 Å². The molecule has 394 valence electrons. The Hall–Kier alpha value is -3.42. The first-order valence-electron chi connectivity index (χ1n) is 27.1. The van der Waals surface area contributed by atoms with Crippen molar-refractivity contribution in [3.63, 3.8) is 0 Å². The van der Waals surface area contributed by atoms with Crippen LogP contribution in [0, 0.1) is 0 Å². The van der Waals surface area contributed by atoms with Gasteiger partial charge in [0.2, 0.25) is 5.91 Å². The number of aliphatic hydroxyl groups is 5. The first kappa shape index (κ1) is 63.6. The van der Waals surface area contributed by atoms with Crippen molar-refractivity contribution in [1.29, 1.82) is 0 Å². The summed E-state index contributed by atoms with van der Waals surface area (Å²) in [4.78, 5) is 26.4. The van der Waals surface area contributed by atoms with Gasteiger partial charge >= 0.3 is 5.97 Å². The predicted molar refractivity (Wildman–Crippen MR) is 282 cm³/mol. The van der Waals surface area contributed by atoms with Crippen LogP contribution < -0.4 is 5.32 Å². The second-order valence-corrected chi connectivity index (χ2v) is 18.4. The van der Waals surface area contributed by atoms with Crippen LogP contribution in [0.25, 0.3) is 0 Å². The molecule has 0 spiro atoms. The normalized spacial score (nSPS) is 20.6. The number of esters is 1. The number of hydrogen-bond acceptors (Lipinski definition) is 10. The number of rotatable bonds is 43. The van der Waals surface area contributed by atoms with Crippen LogP contribution >= 0.6 is 0 Å². The molecule has 1 aliphatic heterocycles. The van der Waals surface area contributed by atoms with Crippen molar-refractivity contribution >= 4 is 11.9 Å². The number of amides is 1. The fourth-order valence-corrected chi connectivity index (χ4v) is 7.84. The fraction of sp³-hybridized carbons (Fsp3) is 0.690. The maximum atomic E-state index is 13.3. The van der Waals surface area contributed by atoms with Gasteiger partial charge in [-0.15, -0.1) is 0 Å². The number of carbonyl (C=O) groups is 2. The minimum Gasteiger partial charge on any atom is -0.454 e. The summed E-state index contributed by atoms with van der Waals surface area (Å²) in [6.07, 6.45) is 48.8. The molecule has 1 saturated heterocycles. The number of hydrogen-bond donors (Lipinski definition) is 6. The highest BCUT2D eigenvalue weighted by atomic mass is 16.7. The maximum Gasteiger partial charge on any atom is 0.306 e. The smallest absolute Gasteiger partial charge is 0.306 e. The molecule has 69 heavy (non-hydrogen) atoms. The van der Waals surface area contributed by atoms with E-state index in [1.54, 1.807) is 6.08 Å². The average molecular weight is 968 g/mol. The highest BCUT2D eigenvalue weighted by molar-refractivity contribution is 5.80. The molecule has 6 N–H and O–H groups in total. The minimum absolute atomic E-state index is 0.102. The Bertz CT molecular complexity index is 1480. The van der Waals surface area contributed by atoms with Gasteiger partial charge in [-0.05, 0) is 64.2 Å². The molecule has 1 fully saturated rings. The SMILES string of the molecule is CC/C=C/C=C/C=C/C=C\CCCCCCC(O)C(=O)NC(COC1OC(CO)C(O)C(O)C1OC(=O)CCCCCCCCC/C=C/C=C/C=C/CC)C(O)/C=C/CCCCCCCCCCC. The summed E-state index contributed by atoms with van der Waals surface area (Å²) in [6.45, 7) is 5.45. The number of ether oxygens (including phenoxy) is 3. The third-order valence-corrected chi connectivity index (χ3v) is 12.1. The molecule has 1 aliphatic rings. The van der Waals surface area contributed by atoms with E-state index in [1.807, 2.05) is 54.7 Å². The maximum absolute atomic E-state index is 13.3. The molecule has 0 aliphatic carbocycles. The molecule has 1 heterocycles. The molecule has 1 rings (SSSR count). The molecule has 0 bridgehead atoms. The van der Waals surface area contributed by atoms with E-state index in [0.717, 1.165) is 109 Å². The molecule has 0 aromatic heterocycles. The van der Waals surface area contributed by atoms with Crippen LogP contribution in [-0.4, -0.2) is 99.6 Å². The summed E-state index contributed by atoms with van der Waals surface area (Å²) >= 11 is 0. The molecular formula is C58H97NO10. The molecule has 0 aromatic rings. The molecular weight excluding hydrogens is 871 g/mol. The third kappa shape index (κ3) is 34.5. The fourth-order valence-electron chi connectivity index (χ4n) is 7.84. The zero-order valence-corrected chi connectivity index (χ0v) is 43.1. The van der Waals surface area contributed by atoms with Gasteiger partial charge in [-0.2, -0.15) is 0 Å². The standard InChI is InChI=1S/C58H97NO10/c1-4-7-10-13-16-19-22-24-26-28-31-34-37-40-43-46-53(63)69-56-55(65)54(64)52(47-60)68-58(56)67-48-49(50(61)44-41-38-35-32-29-21-18-15-12-9-6-3)59-57(66)51(62)45-42-39-36-33-30-27-25-23-20-17-14-11-8-5-2/h7-8,10-11,13-14,16-17,19-20,22-23,25,27,41,44,49-52,54-56,58,60-62,64-65H,4-6,9,12,15,18,21,24,26,28-40,42-43,45-48H2,1-3H3,(H,59,66)/b10-7+,11-8+,16-13+,17-14+,22-19+,23-20+,27-25-,44-41+. The van der Waals surface area contributed by atoms with Crippen LogP contribution in [0.1, 0.15) is 194 Å². The van der Waals surface area contributed by atoms with E-state index < -0.39 is 67.4 Å².